The van der Waals surface area contributed by atoms with Crippen LogP contribution in [0.25, 0.3) is 0 Å². The third-order valence-electron chi connectivity index (χ3n) is 4.48. The van der Waals surface area contributed by atoms with Gasteiger partial charge >= 0.3 is 0 Å². The van der Waals surface area contributed by atoms with Crippen LogP contribution in [0.5, 0.6) is 5.75 Å². The van der Waals surface area contributed by atoms with Gasteiger partial charge in [0.15, 0.2) is 12.4 Å². The minimum Gasteiger partial charge on any atom is -0.482 e. The lowest BCUT2D eigenvalue weighted by molar-refractivity contribution is -0.118. The van der Waals surface area contributed by atoms with Crippen LogP contribution in [0.2, 0.25) is 0 Å². The van der Waals surface area contributed by atoms with E-state index in [9.17, 15) is 9.59 Å². The Labute approximate surface area is 144 Å². The molecule has 1 aromatic carbocycles. The summed E-state index contributed by atoms with van der Waals surface area (Å²) in [6, 6.07) is 5.10. The van der Waals surface area contributed by atoms with Crippen LogP contribution in [0, 0.1) is 6.92 Å². The van der Waals surface area contributed by atoms with Crippen molar-refractivity contribution in [3.8, 4) is 5.75 Å². The SMILES string of the molecule is Cc1nc([C@H]2CCCN(C(=O)c3ccc4c(c3)NC(=O)CO4)C2)no1. The lowest BCUT2D eigenvalue weighted by atomic mass is 9.96. The van der Waals surface area contributed by atoms with Gasteiger partial charge in [0.2, 0.25) is 5.89 Å². The maximum Gasteiger partial charge on any atom is 0.262 e. The third-order valence-corrected chi connectivity index (χ3v) is 4.48. The summed E-state index contributed by atoms with van der Waals surface area (Å²) in [6.45, 7) is 2.99. The number of carbonyl (C=O) groups excluding carboxylic acids is 2. The van der Waals surface area contributed by atoms with E-state index in [1.54, 1.807) is 30.0 Å². The quantitative estimate of drug-likeness (QED) is 0.892. The number of likely N-dealkylation sites (tertiary alicyclic amines) is 1. The Morgan fingerprint density at radius 1 is 1.40 bits per heavy atom. The van der Waals surface area contributed by atoms with E-state index in [4.69, 9.17) is 9.26 Å². The van der Waals surface area contributed by atoms with E-state index in [1.807, 2.05) is 0 Å². The molecule has 0 unspecified atom stereocenters. The molecular formula is C17H18N4O4. The summed E-state index contributed by atoms with van der Waals surface area (Å²) in [5.41, 5.74) is 1.05. The van der Waals surface area contributed by atoms with Crippen molar-refractivity contribution in [1.29, 1.82) is 0 Å². The molecule has 2 aliphatic heterocycles. The van der Waals surface area contributed by atoms with Crippen molar-refractivity contribution >= 4 is 17.5 Å². The first kappa shape index (κ1) is 15.6. The molecule has 1 fully saturated rings. The van der Waals surface area contributed by atoms with E-state index in [2.05, 4.69) is 15.5 Å². The molecule has 3 heterocycles. The molecule has 1 aromatic heterocycles. The highest BCUT2D eigenvalue weighted by atomic mass is 16.5. The maximum absolute atomic E-state index is 12.9. The molecular weight excluding hydrogens is 324 g/mol. The molecule has 2 amide bonds. The van der Waals surface area contributed by atoms with Crippen LogP contribution in [0.1, 0.15) is 40.8 Å². The van der Waals surface area contributed by atoms with E-state index < -0.39 is 0 Å². The number of rotatable bonds is 2. The summed E-state index contributed by atoms with van der Waals surface area (Å²) < 4.78 is 10.4. The Morgan fingerprint density at radius 2 is 2.28 bits per heavy atom. The second kappa shape index (κ2) is 6.19. The lowest BCUT2D eigenvalue weighted by Gasteiger charge is -2.31. The largest absolute Gasteiger partial charge is 0.482 e. The monoisotopic (exact) mass is 342 g/mol. The first-order valence-electron chi connectivity index (χ1n) is 8.26. The predicted octanol–water partition coefficient (Wildman–Crippen LogP) is 1.73. The minimum absolute atomic E-state index is 0.00177. The number of aryl methyl sites for hydroxylation is 1. The number of ether oxygens (including phenoxy) is 1. The highest BCUT2D eigenvalue weighted by Crippen LogP contribution is 2.30. The highest BCUT2D eigenvalue weighted by Gasteiger charge is 2.29. The van der Waals surface area contributed by atoms with Crippen molar-refractivity contribution in [2.75, 3.05) is 25.0 Å². The molecule has 8 heteroatoms. The second-order valence-electron chi connectivity index (χ2n) is 6.31. The fourth-order valence-electron chi connectivity index (χ4n) is 3.25. The zero-order valence-electron chi connectivity index (χ0n) is 13.8. The number of fused-ring (bicyclic) bond motifs is 1. The van der Waals surface area contributed by atoms with Gasteiger partial charge in [0, 0.05) is 31.5 Å². The standard InChI is InChI=1S/C17H18N4O4/c1-10-18-16(20-25-10)12-3-2-6-21(8-12)17(23)11-4-5-14-13(7-11)19-15(22)9-24-14/h4-5,7,12H,2-3,6,8-9H2,1H3,(H,19,22)/t12-/m0/s1. The van der Waals surface area contributed by atoms with Gasteiger partial charge in [-0.2, -0.15) is 4.98 Å². The average molecular weight is 342 g/mol. The number of benzene rings is 1. The molecule has 0 saturated carbocycles. The number of hydrogen-bond donors (Lipinski definition) is 1. The third kappa shape index (κ3) is 3.07. The molecule has 1 saturated heterocycles. The number of nitrogens with one attached hydrogen (secondary N) is 1. The predicted molar refractivity (Wildman–Crippen MR) is 87.5 cm³/mol. The summed E-state index contributed by atoms with van der Waals surface area (Å²) in [5.74, 6) is 1.55. The molecule has 2 aromatic rings. The van der Waals surface area contributed by atoms with E-state index >= 15 is 0 Å². The summed E-state index contributed by atoms with van der Waals surface area (Å²) >= 11 is 0. The van der Waals surface area contributed by atoms with Crippen LogP contribution in [0.3, 0.4) is 0 Å². The Kier molecular flexibility index (Phi) is 3.87. The molecule has 4 rings (SSSR count). The van der Waals surface area contributed by atoms with Crippen molar-refractivity contribution in [3.63, 3.8) is 0 Å². The Bertz CT molecular complexity index is 832. The fraction of sp³-hybridized carbons (Fsp3) is 0.412. The number of piperidine rings is 1. The number of nitrogens with zero attached hydrogens (tertiary/aromatic N) is 3. The van der Waals surface area contributed by atoms with E-state index in [0.29, 0.717) is 41.8 Å². The van der Waals surface area contributed by atoms with Crippen molar-refractivity contribution in [1.82, 2.24) is 15.0 Å². The lowest BCUT2D eigenvalue weighted by Crippen LogP contribution is -2.39. The van der Waals surface area contributed by atoms with Gasteiger partial charge in [-0.3, -0.25) is 9.59 Å². The van der Waals surface area contributed by atoms with Crippen LogP contribution in [0.4, 0.5) is 5.69 Å². The van der Waals surface area contributed by atoms with E-state index in [1.165, 1.54) is 0 Å². The van der Waals surface area contributed by atoms with Crippen molar-refractivity contribution in [3.05, 3.63) is 35.5 Å². The first-order valence-corrected chi connectivity index (χ1v) is 8.26. The van der Waals surface area contributed by atoms with Crippen LogP contribution < -0.4 is 10.1 Å². The average Bonchev–Trinajstić information content (AvgIpc) is 3.07. The van der Waals surface area contributed by atoms with Crippen molar-refractivity contribution < 1.29 is 18.8 Å². The molecule has 25 heavy (non-hydrogen) atoms. The Hall–Kier alpha value is -2.90. The van der Waals surface area contributed by atoms with E-state index in [0.717, 1.165) is 12.8 Å². The molecule has 8 nitrogen and oxygen atoms in total. The molecule has 130 valence electrons. The normalized spacial score (nSPS) is 19.8. The summed E-state index contributed by atoms with van der Waals surface area (Å²) in [4.78, 5) is 30.4. The van der Waals surface area contributed by atoms with Gasteiger partial charge in [-0.25, -0.2) is 0 Å². The Morgan fingerprint density at radius 3 is 3.08 bits per heavy atom. The summed E-state index contributed by atoms with van der Waals surface area (Å²) in [5, 5.41) is 6.71. The zero-order chi connectivity index (χ0) is 17.4. The molecule has 0 spiro atoms. The number of amides is 2. The highest BCUT2D eigenvalue weighted by molar-refractivity contribution is 5.99. The number of anilines is 1. The van der Waals surface area contributed by atoms with Crippen LogP contribution in [-0.4, -0.2) is 46.6 Å². The number of aromatic nitrogens is 2. The fourth-order valence-corrected chi connectivity index (χ4v) is 3.25. The number of hydrogen-bond acceptors (Lipinski definition) is 6. The molecule has 1 atom stereocenters. The molecule has 0 radical (unpaired) electrons. The van der Waals surface area contributed by atoms with Crippen LogP contribution in [0.15, 0.2) is 22.7 Å². The van der Waals surface area contributed by atoms with Gasteiger partial charge in [0.25, 0.3) is 11.8 Å². The van der Waals surface area contributed by atoms with E-state index in [-0.39, 0.29) is 24.3 Å². The smallest absolute Gasteiger partial charge is 0.262 e. The molecule has 2 aliphatic rings. The van der Waals surface area contributed by atoms with Crippen LogP contribution >= 0.6 is 0 Å². The maximum atomic E-state index is 12.9. The molecule has 0 bridgehead atoms. The Balaban J connectivity index is 1.52. The summed E-state index contributed by atoms with van der Waals surface area (Å²) in [6.07, 6.45) is 1.81. The van der Waals surface area contributed by atoms with Crippen molar-refractivity contribution in [2.24, 2.45) is 0 Å². The van der Waals surface area contributed by atoms with Crippen LogP contribution in [-0.2, 0) is 4.79 Å². The topological polar surface area (TPSA) is 97.6 Å². The second-order valence-corrected chi connectivity index (χ2v) is 6.31. The number of carbonyl (C=O) groups is 2. The van der Waals surface area contributed by atoms with Gasteiger partial charge in [-0.1, -0.05) is 5.16 Å². The zero-order valence-corrected chi connectivity index (χ0v) is 13.8. The van der Waals surface area contributed by atoms with Gasteiger partial charge in [0.05, 0.1) is 5.69 Å². The molecule has 0 aliphatic carbocycles. The summed E-state index contributed by atoms with van der Waals surface area (Å²) in [7, 11) is 0. The molecule has 1 N–H and O–H groups in total. The van der Waals surface area contributed by atoms with Gasteiger partial charge in [-0.15, -0.1) is 0 Å². The first-order chi connectivity index (χ1) is 12.1. The van der Waals surface area contributed by atoms with Gasteiger partial charge in [-0.05, 0) is 31.0 Å². The van der Waals surface area contributed by atoms with Crippen molar-refractivity contribution in [2.45, 2.75) is 25.7 Å². The minimum atomic E-state index is -0.220. The van der Waals surface area contributed by atoms with Gasteiger partial charge in [0.1, 0.15) is 5.75 Å². The van der Waals surface area contributed by atoms with Gasteiger partial charge < -0.3 is 19.5 Å².